The molecular weight excluding hydrogens is 170 g/mol. The third-order valence-corrected chi connectivity index (χ3v) is 1.57. The van der Waals surface area contributed by atoms with E-state index in [2.05, 4.69) is 4.98 Å². The van der Waals surface area contributed by atoms with Crippen LogP contribution in [0.25, 0.3) is 0 Å². The average Bonchev–Trinajstić information content (AvgIpc) is 2.47. The summed E-state index contributed by atoms with van der Waals surface area (Å²) in [6.45, 7) is 2.03. The van der Waals surface area contributed by atoms with Crippen molar-refractivity contribution in [1.29, 1.82) is 5.26 Å². The van der Waals surface area contributed by atoms with E-state index in [0.29, 0.717) is 12.3 Å². The number of carbonyl (C=O) groups excluding carboxylic acids is 1. The monoisotopic (exact) mass is 179 g/mol. The quantitative estimate of drug-likeness (QED) is 0.619. The van der Waals surface area contributed by atoms with Crippen LogP contribution in [0.3, 0.4) is 0 Å². The fraction of sp³-hybridized carbons (Fsp3) is 0.375. The number of carbonyl (C=O) groups is 1. The zero-order chi connectivity index (χ0) is 9.84. The Morgan fingerprint density at radius 2 is 2.54 bits per heavy atom. The largest absolute Gasteiger partial charge is 0.461 e. The van der Waals surface area contributed by atoms with Gasteiger partial charge in [-0.05, 0) is 6.92 Å². The summed E-state index contributed by atoms with van der Waals surface area (Å²) in [4.78, 5) is 14.9. The van der Waals surface area contributed by atoms with Crippen LogP contribution < -0.4 is 0 Å². The van der Waals surface area contributed by atoms with E-state index in [1.807, 2.05) is 6.07 Å². The van der Waals surface area contributed by atoms with Gasteiger partial charge in [0, 0.05) is 7.05 Å². The summed E-state index contributed by atoms with van der Waals surface area (Å²) >= 11 is 0. The first-order valence-corrected chi connectivity index (χ1v) is 3.79. The van der Waals surface area contributed by atoms with E-state index in [-0.39, 0.29) is 5.82 Å². The lowest BCUT2D eigenvalue weighted by Crippen LogP contribution is -2.10. The molecule has 5 heteroatoms. The first-order valence-electron chi connectivity index (χ1n) is 3.79. The second-order valence-electron chi connectivity index (χ2n) is 2.36. The molecule has 5 nitrogen and oxygen atoms in total. The van der Waals surface area contributed by atoms with Gasteiger partial charge in [-0.2, -0.15) is 5.26 Å². The van der Waals surface area contributed by atoms with Crippen molar-refractivity contribution in [2.75, 3.05) is 6.61 Å². The van der Waals surface area contributed by atoms with Gasteiger partial charge in [-0.3, -0.25) is 0 Å². The Morgan fingerprint density at radius 3 is 3.00 bits per heavy atom. The number of ether oxygens (including phenoxy) is 1. The third-order valence-electron chi connectivity index (χ3n) is 1.57. The summed E-state index contributed by atoms with van der Waals surface area (Å²) in [6, 6.07) is 1.86. The summed E-state index contributed by atoms with van der Waals surface area (Å²) < 4.78 is 6.16. The Labute approximate surface area is 75.6 Å². The fourth-order valence-corrected chi connectivity index (χ4v) is 0.908. The summed E-state index contributed by atoms with van der Waals surface area (Å²) in [5.74, 6) is -0.262. The molecule has 0 amide bonds. The lowest BCUT2D eigenvalue weighted by Gasteiger charge is -2.01. The Morgan fingerprint density at radius 1 is 1.85 bits per heavy atom. The number of nitriles is 1. The van der Waals surface area contributed by atoms with Gasteiger partial charge in [-0.15, -0.1) is 0 Å². The van der Waals surface area contributed by atoms with Gasteiger partial charge in [-0.25, -0.2) is 9.78 Å². The van der Waals surface area contributed by atoms with Gasteiger partial charge < -0.3 is 9.30 Å². The Bertz CT molecular complexity index is 362. The number of hydrogen-bond donors (Lipinski definition) is 0. The number of hydrogen-bond acceptors (Lipinski definition) is 4. The maximum atomic E-state index is 11.2. The molecule has 0 saturated heterocycles. The topological polar surface area (TPSA) is 67.9 Å². The van der Waals surface area contributed by atoms with Gasteiger partial charge in [0.05, 0.1) is 12.8 Å². The van der Waals surface area contributed by atoms with Crippen molar-refractivity contribution < 1.29 is 9.53 Å². The van der Waals surface area contributed by atoms with Crippen LogP contribution in [0.4, 0.5) is 0 Å². The van der Waals surface area contributed by atoms with Crippen LogP contribution in [-0.2, 0) is 11.8 Å². The SMILES string of the molecule is CCOC(=O)c1cnc(C#N)n1C. The maximum absolute atomic E-state index is 11.2. The molecule has 0 spiro atoms. The van der Waals surface area contributed by atoms with E-state index in [9.17, 15) is 4.79 Å². The lowest BCUT2D eigenvalue weighted by atomic mass is 10.5. The van der Waals surface area contributed by atoms with Crippen molar-refractivity contribution in [2.24, 2.45) is 7.05 Å². The smallest absolute Gasteiger partial charge is 0.356 e. The molecule has 0 N–H and O–H groups in total. The van der Waals surface area contributed by atoms with E-state index in [1.54, 1.807) is 14.0 Å². The Balaban J connectivity index is 2.97. The first kappa shape index (κ1) is 9.26. The molecule has 0 fully saturated rings. The van der Waals surface area contributed by atoms with Crippen LogP contribution in [0.15, 0.2) is 6.20 Å². The van der Waals surface area contributed by atoms with Crippen LogP contribution in [0, 0.1) is 11.3 Å². The number of rotatable bonds is 2. The second-order valence-corrected chi connectivity index (χ2v) is 2.36. The minimum Gasteiger partial charge on any atom is -0.461 e. The van der Waals surface area contributed by atoms with Crippen molar-refractivity contribution in [3.63, 3.8) is 0 Å². The summed E-state index contributed by atoms with van der Waals surface area (Å²) in [5.41, 5.74) is 0.290. The van der Waals surface area contributed by atoms with Crippen LogP contribution in [-0.4, -0.2) is 22.1 Å². The van der Waals surface area contributed by atoms with E-state index < -0.39 is 5.97 Å². The molecule has 1 heterocycles. The number of esters is 1. The second kappa shape index (κ2) is 3.72. The number of aromatic nitrogens is 2. The van der Waals surface area contributed by atoms with Crippen LogP contribution in [0.2, 0.25) is 0 Å². The van der Waals surface area contributed by atoms with Crippen molar-refractivity contribution in [1.82, 2.24) is 9.55 Å². The standard InChI is InChI=1S/C8H9N3O2/c1-3-13-8(12)6-5-10-7(4-9)11(6)2/h5H,3H2,1-2H3. The lowest BCUT2D eigenvalue weighted by molar-refractivity contribution is 0.0515. The molecule has 68 valence electrons. The molecule has 0 unspecified atom stereocenters. The maximum Gasteiger partial charge on any atom is 0.356 e. The van der Waals surface area contributed by atoms with Gasteiger partial charge in [0.25, 0.3) is 0 Å². The molecule has 0 atom stereocenters. The Hall–Kier alpha value is -1.83. The molecule has 0 aliphatic rings. The molecule has 0 aliphatic carbocycles. The molecule has 0 bridgehead atoms. The van der Waals surface area contributed by atoms with Gasteiger partial charge in [0.2, 0.25) is 5.82 Å². The normalized spacial score (nSPS) is 9.31. The predicted octanol–water partition coefficient (Wildman–Crippen LogP) is 0.468. The third kappa shape index (κ3) is 1.67. The zero-order valence-corrected chi connectivity index (χ0v) is 7.44. The van der Waals surface area contributed by atoms with Gasteiger partial charge >= 0.3 is 5.97 Å². The van der Waals surface area contributed by atoms with Crippen molar-refractivity contribution in [2.45, 2.75) is 6.92 Å². The fourth-order valence-electron chi connectivity index (χ4n) is 0.908. The first-order chi connectivity index (χ1) is 6.20. The summed E-state index contributed by atoms with van der Waals surface area (Å²) in [7, 11) is 1.60. The highest BCUT2D eigenvalue weighted by Crippen LogP contribution is 2.03. The molecule has 1 aromatic heterocycles. The van der Waals surface area contributed by atoms with Crippen LogP contribution >= 0.6 is 0 Å². The highest BCUT2D eigenvalue weighted by molar-refractivity contribution is 5.87. The van der Waals surface area contributed by atoms with Crippen LogP contribution in [0.5, 0.6) is 0 Å². The molecule has 0 radical (unpaired) electrons. The zero-order valence-electron chi connectivity index (χ0n) is 7.44. The van der Waals surface area contributed by atoms with Crippen LogP contribution in [0.1, 0.15) is 23.2 Å². The average molecular weight is 179 g/mol. The van der Waals surface area contributed by atoms with Gasteiger partial charge in [0.15, 0.2) is 0 Å². The molecular formula is C8H9N3O2. The van der Waals surface area contributed by atoms with E-state index in [0.717, 1.165) is 0 Å². The number of nitrogens with zero attached hydrogens (tertiary/aromatic N) is 3. The number of imidazole rings is 1. The Kier molecular flexibility index (Phi) is 2.65. The molecule has 1 aromatic rings. The highest BCUT2D eigenvalue weighted by Gasteiger charge is 2.13. The van der Waals surface area contributed by atoms with Crippen molar-refractivity contribution in [3.05, 3.63) is 17.7 Å². The minimum absolute atomic E-state index is 0.197. The van der Waals surface area contributed by atoms with E-state index >= 15 is 0 Å². The van der Waals surface area contributed by atoms with E-state index in [1.165, 1.54) is 10.8 Å². The summed E-state index contributed by atoms with van der Waals surface area (Å²) in [6.07, 6.45) is 1.33. The molecule has 13 heavy (non-hydrogen) atoms. The molecule has 0 aliphatic heterocycles. The summed E-state index contributed by atoms with van der Waals surface area (Å²) in [5, 5.41) is 8.56. The van der Waals surface area contributed by atoms with Crippen molar-refractivity contribution in [3.8, 4) is 6.07 Å². The van der Waals surface area contributed by atoms with E-state index in [4.69, 9.17) is 10.00 Å². The van der Waals surface area contributed by atoms with Gasteiger partial charge in [-0.1, -0.05) is 0 Å². The minimum atomic E-state index is -0.459. The highest BCUT2D eigenvalue weighted by atomic mass is 16.5. The van der Waals surface area contributed by atoms with Crippen molar-refractivity contribution >= 4 is 5.97 Å². The predicted molar refractivity (Wildman–Crippen MR) is 43.9 cm³/mol. The molecule has 1 rings (SSSR count). The van der Waals surface area contributed by atoms with Gasteiger partial charge in [0.1, 0.15) is 11.8 Å². The molecule has 0 aromatic carbocycles. The molecule has 0 saturated carbocycles.